The molecule has 0 spiro atoms. The normalized spacial score (nSPS) is 19.6. The quantitative estimate of drug-likeness (QED) is 0.824. The van der Waals surface area contributed by atoms with Crippen molar-refractivity contribution < 1.29 is 13.2 Å². The van der Waals surface area contributed by atoms with Gasteiger partial charge < -0.3 is 5.32 Å². The highest BCUT2D eigenvalue weighted by Crippen LogP contribution is 2.27. The van der Waals surface area contributed by atoms with Crippen LogP contribution in [0.15, 0.2) is 39.9 Å². The fourth-order valence-electron chi connectivity index (χ4n) is 3.63. The molecule has 2 heterocycles. The second-order valence-electron chi connectivity index (χ2n) is 7.22. The van der Waals surface area contributed by atoms with Crippen molar-refractivity contribution in [2.24, 2.45) is 5.92 Å². The van der Waals surface area contributed by atoms with E-state index in [2.05, 4.69) is 11.4 Å². The van der Waals surface area contributed by atoms with Gasteiger partial charge in [-0.05, 0) is 56.2 Å². The lowest BCUT2D eigenvalue weighted by Crippen LogP contribution is -2.45. The molecule has 2 atom stereocenters. The summed E-state index contributed by atoms with van der Waals surface area (Å²) in [6.45, 7) is 6.77. The van der Waals surface area contributed by atoms with Crippen molar-refractivity contribution in [3.8, 4) is 0 Å². The SMILES string of the molecule is Cc1ccc(C(C)NC(=O)C2CCCN(S(=O)(=O)c3cccs3)C2)c(C)c1. The predicted molar refractivity (Wildman–Crippen MR) is 108 cm³/mol. The maximum atomic E-state index is 12.8. The Morgan fingerprint density at radius 1 is 1.30 bits per heavy atom. The maximum absolute atomic E-state index is 12.8. The number of sulfonamides is 1. The van der Waals surface area contributed by atoms with E-state index in [0.717, 1.165) is 11.1 Å². The smallest absolute Gasteiger partial charge is 0.252 e. The lowest BCUT2D eigenvalue weighted by atomic mass is 9.96. The zero-order valence-corrected chi connectivity index (χ0v) is 17.6. The Kier molecular flexibility index (Phi) is 6.03. The molecule has 2 unspecified atom stereocenters. The maximum Gasteiger partial charge on any atom is 0.252 e. The molecule has 1 aliphatic rings. The standard InChI is InChI=1S/C20H26N2O3S2/c1-14-8-9-18(15(2)12-14)16(3)21-20(23)17-6-4-10-22(13-17)27(24,25)19-7-5-11-26-19/h5,7-9,11-12,16-17H,4,6,10,13H2,1-3H3,(H,21,23). The Bertz CT molecular complexity index is 907. The van der Waals surface area contributed by atoms with Gasteiger partial charge in [0.25, 0.3) is 10.0 Å². The van der Waals surface area contributed by atoms with Crippen LogP contribution in [0.4, 0.5) is 0 Å². The number of hydrogen-bond acceptors (Lipinski definition) is 4. The summed E-state index contributed by atoms with van der Waals surface area (Å²) in [6, 6.07) is 9.43. The van der Waals surface area contributed by atoms with Gasteiger partial charge in [-0.15, -0.1) is 11.3 Å². The Hall–Kier alpha value is -1.70. The molecular formula is C20H26N2O3S2. The fraction of sp³-hybridized carbons (Fsp3) is 0.450. The molecule has 0 radical (unpaired) electrons. The molecule has 1 amide bonds. The van der Waals surface area contributed by atoms with Crippen LogP contribution in [0.1, 0.15) is 42.5 Å². The van der Waals surface area contributed by atoms with Crippen LogP contribution in [0.2, 0.25) is 0 Å². The van der Waals surface area contributed by atoms with Crippen molar-refractivity contribution in [3.05, 3.63) is 52.4 Å². The van der Waals surface area contributed by atoms with E-state index < -0.39 is 10.0 Å². The van der Waals surface area contributed by atoms with Crippen LogP contribution in [-0.2, 0) is 14.8 Å². The second-order valence-corrected chi connectivity index (χ2v) is 10.3. The highest BCUT2D eigenvalue weighted by atomic mass is 32.2. The van der Waals surface area contributed by atoms with E-state index in [1.54, 1.807) is 17.5 Å². The minimum Gasteiger partial charge on any atom is -0.349 e. The van der Waals surface area contributed by atoms with Crippen LogP contribution >= 0.6 is 11.3 Å². The lowest BCUT2D eigenvalue weighted by molar-refractivity contribution is -0.126. The number of amides is 1. The molecular weight excluding hydrogens is 380 g/mol. The van der Waals surface area contributed by atoms with Crippen LogP contribution in [-0.4, -0.2) is 31.7 Å². The number of rotatable bonds is 5. The van der Waals surface area contributed by atoms with Crippen LogP contribution in [0.5, 0.6) is 0 Å². The van der Waals surface area contributed by atoms with E-state index in [9.17, 15) is 13.2 Å². The summed E-state index contributed by atoms with van der Waals surface area (Å²) in [4.78, 5) is 12.8. The molecule has 1 aliphatic heterocycles. The molecule has 1 aromatic carbocycles. The number of nitrogens with zero attached hydrogens (tertiary/aromatic N) is 1. The third-order valence-electron chi connectivity index (χ3n) is 5.09. The van der Waals surface area contributed by atoms with Gasteiger partial charge in [-0.1, -0.05) is 29.8 Å². The Labute approximate surface area is 165 Å². The molecule has 2 aromatic rings. The van der Waals surface area contributed by atoms with Gasteiger partial charge in [-0.2, -0.15) is 4.31 Å². The van der Waals surface area contributed by atoms with Crippen LogP contribution in [0.25, 0.3) is 0 Å². The summed E-state index contributed by atoms with van der Waals surface area (Å²) in [7, 11) is -3.51. The summed E-state index contributed by atoms with van der Waals surface area (Å²) < 4.78 is 27.3. The topological polar surface area (TPSA) is 66.5 Å². The zero-order chi connectivity index (χ0) is 19.6. The largest absolute Gasteiger partial charge is 0.349 e. The molecule has 7 heteroatoms. The van der Waals surface area contributed by atoms with E-state index in [1.807, 2.05) is 32.9 Å². The molecule has 146 valence electrons. The molecule has 27 heavy (non-hydrogen) atoms. The molecule has 1 fully saturated rings. The van der Waals surface area contributed by atoms with E-state index in [0.29, 0.717) is 23.6 Å². The number of piperidine rings is 1. The van der Waals surface area contributed by atoms with Gasteiger partial charge in [0.05, 0.1) is 12.0 Å². The van der Waals surface area contributed by atoms with E-state index in [4.69, 9.17) is 0 Å². The summed E-state index contributed by atoms with van der Waals surface area (Å²) in [6.07, 6.45) is 1.41. The molecule has 0 aliphatic carbocycles. The molecule has 5 nitrogen and oxygen atoms in total. The average Bonchev–Trinajstić information content (AvgIpc) is 3.17. The number of hydrogen-bond donors (Lipinski definition) is 1. The average molecular weight is 407 g/mol. The van der Waals surface area contributed by atoms with Crippen molar-refractivity contribution in [3.63, 3.8) is 0 Å². The Morgan fingerprint density at radius 3 is 2.74 bits per heavy atom. The molecule has 1 saturated heterocycles. The van der Waals surface area contributed by atoms with Crippen LogP contribution < -0.4 is 5.32 Å². The lowest BCUT2D eigenvalue weighted by Gasteiger charge is -2.31. The third-order valence-corrected chi connectivity index (χ3v) is 8.33. The molecule has 0 saturated carbocycles. The summed E-state index contributed by atoms with van der Waals surface area (Å²) >= 11 is 1.21. The van der Waals surface area contributed by atoms with Crippen molar-refractivity contribution >= 4 is 27.3 Å². The first-order chi connectivity index (χ1) is 12.8. The van der Waals surface area contributed by atoms with Crippen molar-refractivity contribution in [1.82, 2.24) is 9.62 Å². The van der Waals surface area contributed by atoms with Gasteiger partial charge in [-0.3, -0.25) is 4.79 Å². The first-order valence-electron chi connectivity index (χ1n) is 9.20. The van der Waals surface area contributed by atoms with E-state index in [1.165, 1.54) is 21.2 Å². The van der Waals surface area contributed by atoms with Gasteiger partial charge in [-0.25, -0.2) is 8.42 Å². The highest BCUT2D eigenvalue weighted by molar-refractivity contribution is 7.91. The van der Waals surface area contributed by atoms with Gasteiger partial charge in [0.2, 0.25) is 5.91 Å². The first-order valence-corrected chi connectivity index (χ1v) is 11.5. The Balaban J connectivity index is 1.68. The van der Waals surface area contributed by atoms with Crippen LogP contribution in [0, 0.1) is 19.8 Å². The number of thiophene rings is 1. The number of benzene rings is 1. The number of aryl methyl sites for hydroxylation is 2. The van der Waals surface area contributed by atoms with Crippen LogP contribution in [0.3, 0.4) is 0 Å². The van der Waals surface area contributed by atoms with Gasteiger partial charge in [0.15, 0.2) is 0 Å². The summed E-state index contributed by atoms with van der Waals surface area (Å²) in [5.41, 5.74) is 3.43. The van der Waals surface area contributed by atoms with E-state index in [-0.39, 0.29) is 24.4 Å². The minimum atomic E-state index is -3.51. The Morgan fingerprint density at radius 2 is 2.07 bits per heavy atom. The second kappa shape index (κ2) is 8.12. The summed E-state index contributed by atoms with van der Waals surface area (Å²) in [5.74, 6) is -0.393. The molecule has 1 aromatic heterocycles. The molecule has 0 bridgehead atoms. The van der Waals surface area contributed by atoms with Gasteiger partial charge in [0.1, 0.15) is 4.21 Å². The first kappa shape index (κ1) is 20.0. The number of carbonyl (C=O) groups is 1. The van der Waals surface area contributed by atoms with Crippen molar-refractivity contribution in [2.45, 2.75) is 43.9 Å². The highest BCUT2D eigenvalue weighted by Gasteiger charge is 2.34. The van der Waals surface area contributed by atoms with Crippen molar-refractivity contribution in [2.75, 3.05) is 13.1 Å². The number of nitrogens with one attached hydrogen (secondary N) is 1. The minimum absolute atomic E-state index is 0.0754. The fourth-order valence-corrected chi connectivity index (χ4v) is 6.30. The molecule has 3 rings (SSSR count). The van der Waals surface area contributed by atoms with Gasteiger partial charge >= 0.3 is 0 Å². The zero-order valence-electron chi connectivity index (χ0n) is 15.9. The van der Waals surface area contributed by atoms with E-state index >= 15 is 0 Å². The molecule has 1 N–H and O–H groups in total. The predicted octanol–water partition coefficient (Wildman–Crippen LogP) is 3.64. The van der Waals surface area contributed by atoms with Gasteiger partial charge in [0, 0.05) is 13.1 Å². The van der Waals surface area contributed by atoms with Crippen molar-refractivity contribution in [1.29, 1.82) is 0 Å². The monoisotopic (exact) mass is 406 g/mol. The third kappa shape index (κ3) is 4.42. The summed E-state index contributed by atoms with van der Waals surface area (Å²) in [5, 5.41) is 4.83. The number of carbonyl (C=O) groups excluding carboxylic acids is 1.